The number of aryl methyl sites for hydroxylation is 2. The maximum absolute atomic E-state index is 11.8. The lowest BCUT2D eigenvalue weighted by Crippen LogP contribution is -2.06. The Morgan fingerprint density at radius 2 is 2.05 bits per heavy atom. The van der Waals surface area contributed by atoms with Crippen LogP contribution in [0, 0.1) is 6.92 Å². The largest absolute Gasteiger partial charge is 0.477 e. The Kier molecular flexibility index (Phi) is 4.06. The van der Waals surface area contributed by atoms with Crippen molar-refractivity contribution >= 4 is 38.2 Å². The van der Waals surface area contributed by atoms with Crippen LogP contribution in [0.3, 0.4) is 0 Å². The van der Waals surface area contributed by atoms with Gasteiger partial charge in [0.25, 0.3) is 0 Å². The second-order valence-electron chi connectivity index (χ2n) is 5.09. The summed E-state index contributed by atoms with van der Waals surface area (Å²) in [4.78, 5) is 18.1. The fraction of sp³-hybridized carbons (Fsp3) is 0.250. The van der Waals surface area contributed by atoms with Crippen molar-refractivity contribution in [3.05, 3.63) is 45.0 Å². The smallest absolute Gasteiger partial charge is 0.354 e. The van der Waals surface area contributed by atoms with E-state index in [1.807, 2.05) is 38.1 Å². The minimum atomic E-state index is -0.924. The van der Waals surface area contributed by atoms with E-state index < -0.39 is 5.97 Å². The molecule has 3 aromatic rings. The third-order valence-corrected chi connectivity index (χ3v) is 5.01. The van der Waals surface area contributed by atoms with Gasteiger partial charge in [0, 0.05) is 9.35 Å². The summed E-state index contributed by atoms with van der Waals surface area (Å²) in [7, 11) is 0. The highest BCUT2D eigenvalue weighted by molar-refractivity contribution is 9.10. The molecule has 1 N–H and O–H groups in total. The number of carbonyl (C=O) groups is 1. The molecule has 1 aromatic carbocycles. The van der Waals surface area contributed by atoms with Gasteiger partial charge in [0.05, 0.1) is 11.4 Å². The lowest BCUT2D eigenvalue weighted by Gasteiger charge is -2.05. The number of aromatic carboxylic acids is 1. The topological polar surface area (TPSA) is 54.6 Å². The number of hydrogen-bond donors (Lipinski definition) is 1. The summed E-state index contributed by atoms with van der Waals surface area (Å²) in [6.07, 6.45) is 1.55. The van der Waals surface area contributed by atoms with Crippen LogP contribution in [0.1, 0.15) is 34.4 Å². The molecule has 22 heavy (non-hydrogen) atoms. The molecule has 0 fully saturated rings. The molecule has 2 aromatic heterocycles. The van der Waals surface area contributed by atoms with E-state index in [0.29, 0.717) is 17.8 Å². The second-order valence-corrected chi connectivity index (χ2v) is 7.19. The molecule has 6 heteroatoms. The minimum Gasteiger partial charge on any atom is -0.477 e. The van der Waals surface area contributed by atoms with Crippen molar-refractivity contribution in [1.82, 2.24) is 9.38 Å². The summed E-state index contributed by atoms with van der Waals surface area (Å²) < 4.78 is 2.78. The molecule has 0 amide bonds. The van der Waals surface area contributed by atoms with E-state index in [1.165, 1.54) is 11.3 Å². The first-order valence-electron chi connectivity index (χ1n) is 7.03. The van der Waals surface area contributed by atoms with Crippen molar-refractivity contribution in [3.63, 3.8) is 0 Å². The molecule has 0 aliphatic rings. The Labute approximate surface area is 140 Å². The molecule has 0 aliphatic heterocycles. The molecule has 0 atom stereocenters. The first kappa shape index (κ1) is 15.2. The number of aromatic nitrogens is 2. The van der Waals surface area contributed by atoms with Gasteiger partial charge in [-0.2, -0.15) is 0 Å². The zero-order valence-electron chi connectivity index (χ0n) is 12.3. The van der Waals surface area contributed by atoms with Gasteiger partial charge in [-0.15, -0.1) is 11.3 Å². The molecule has 0 unspecified atom stereocenters. The van der Waals surface area contributed by atoms with Crippen molar-refractivity contribution in [2.75, 3.05) is 0 Å². The first-order valence-corrected chi connectivity index (χ1v) is 8.63. The molecule has 0 aliphatic carbocycles. The van der Waals surface area contributed by atoms with Crippen LogP contribution in [0.5, 0.6) is 0 Å². The maximum atomic E-state index is 11.8. The monoisotopic (exact) mass is 378 g/mol. The van der Waals surface area contributed by atoms with Crippen LogP contribution in [0.15, 0.2) is 28.7 Å². The van der Waals surface area contributed by atoms with E-state index in [9.17, 15) is 9.90 Å². The van der Waals surface area contributed by atoms with Gasteiger partial charge in [-0.3, -0.25) is 4.40 Å². The van der Waals surface area contributed by atoms with E-state index in [1.54, 1.807) is 4.40 Å². The fourth-order valence-corrected chi connectivity index (χ4v) is 3.91. The highest BCUT2D eigenvalue weighted by atomic mass is 79.9. The maximum Gasteiger partial charge on any atom is 0.354 e. The number of fused-ring (bicyclic) bond motifs is 1. The molecule has 0 saturated carbocycles. The Morgan fingerprint density at radius 3 is 2.64 bits per heavy atom. The number of nitrogens with zero attached hydrogens (tertiary/aromatic N) is 2. The Bertz CT molecular complexity index is 849. The van der Waals surface area contributed by atoms with Crippen molar-refractivity contribution in [3.8, 4) is 11.3 Å². The zero-order chi connectivity index (χ0) is 15.9. The molecule has 0 saturated heterocycles. The average Bonchev–Trinajstić information content (AvgIpc) is 2.94. The molecular weight excluding hydrogens is 364 g/mol. The van der Waals surface area contributed by atoms with Gasteiger partial charge in [-0.1, -0.05) is 41.4 Å². The standard InChI is InChI=1S/C16H15BrN2O2S/c1-3-4-12-14(15(20)21)19-13(9(2)22-16(19)18-12)10-5-7-11(17)8-6-10/h5-8H,3-4H2,1-2H3,(H,20,21). The number of imidazole rings is 1. The molecular formula is C16H15BrN2O2S. The number of benzene rings is 1. The number of thiazole rings is 1. The summed E-state index contributed by atoms with van der Waals surface area (Å²) in [6, 6.07) is 7.90. The third kappa shape index (κ3) is 2.46. The van der Waals surface area contributed by atoms with Gasteiger partial charge in [0.1, 0.15) is 0 Å². The van der Waals surface area contributed by atoms with Crippen LogP contribution < -0.4 is 0 Å². The van der Waals surface area contributed by atoms with Crippen LogP contribution in [-0.4, -0.2) is 20.5 Å². The highest BCUT2D eigenvalue weighted by Crippen LogP contribution is 2.34. The van der Waals surface area contributed by atoms with Crippen molar-refractivity contribution < 1.29 is 9.90 Å². The minimum absolute atomic E-state index is 0.291. The number of hydrogen-bond acceptors (Lipinski definition) is 3. The van der Waals surface area contributed by atoms with Gasteiger partial charge in [0.2, 0.25) is 0 Å². The van der Waals surface area contributed by atoms with Gasteiger partial charge in [0.15, 0.2) is 10.7 Å². The predicted octanol–water partition coefficient (Wildman–Crippen LogP) is 4.78. The van der Waals surface area contributed by atoms with Gasteiger partial charge < -0.3 is 5.11 Å². The van der Waals surface area contributed by atoms with Crippen molar-refractivity contribution in [1.29, 1.82) is 0 Å². The quantitative estimate of drug-likeness (QED) is 0.710. The van der Waals surface area contributed by atoms with Crippen LogP contribution >= 0.6 is 27.3 Å². The molecule has 2 heterocycles. The molecule has 114 valence electrons. The van der Waals surface area contributed by atoms with E-state index in [2.05, 4.69) is 20.9 Å². The summed E-state index contributed by atoms with van der Waals surface area (Å²) in [6.45, 7) is 4.03. The van der Waals surface area contributed by atoms with Crippen LogP contribution in [-0.2, 0) is 6.42 Å². The molecule has 0 bridgehead atoms. The van der Waals surface area contributed by atoms with Gasteiger partial charge in [-0.05, 0) is 31.0 Å². The second kappa shape index (κ2) is 5.85. The Morgan fingerprint density at radius 1 is 1.36 bits per heavy atom. The Balaban J connectivity index is 2.31. The molecule has 3 rings (SSSR count). The molecule has 4 nitrogen and oxygen atoms in total. The van der Waals surface area contributed by atoms with E-state index >= 15 is 0 Å². The summed E-state index contributed by atoms with van der Waals surface area (Å²) in [5.41, 5.74) is 2.87. The van der Waals surface area contributed by atoms with Gasteiger partial charge in [-0.25, -0.2) is 9.78 Å². The third-order valence-electron chi connectivity index (χ3n) is 3.53. The predicted molar refractivity (Wildman–Crippen MR) is 91.9 cm³/mol. The molecule has 0 radical (unpaired) electrons. The normalized spacial score (nSPS) is 11.2. The van der Waals surface area contributed by atoms with Crippen molar-refractivity contribution in [2.24, 2.45) is 0 Å². The number of carboxylic acids is 1. The number of halogens is 1. The summed E-state index contributed by atoms with van der Waals surface area (Å²) >= 11 is 4.96. The lowest BCUT2D eigenvalue weighted by molar-refractivity contribution is 0.0688. The van der Waals surface area contributed by atoms with Crippen LogP contribution in [0.4, 0.5) is 0 Å². The highest BCUT2D eigenvalue weighted by Gasteiger charge is 2.23. The summed E-state index contributed by atoms with van der Waals surface area (Å²) in [5, 5.41) is 9.64. The van der Waals surface area contributed by atoms with Crippen LogP contribution in [0.25, 0.3) is 16.2 Å². The van der Waals surface area contributed by atoms with Crippen molar-refractivity contribution in [2.45, 2.75) is 26.7 Å². The van der Waals surface area contributed by atoms with Crippen LogP contribution in [0.2, 0.25) is 0 Å². The molecule has 0 spiro atoms. The van der Waals surface area contributed by atoms with E-state index in [4.69, 9.17) is 0 Å². The van der Waals surface area contributed by atoms with E-state index in [0.717, 1.165) is 32.0 Å². The zero-order valence-corrected chi connectivity index (χ0v) is 14.7. The fourth-order valence-electron chi connectivity index (χ4n) is 2.63. The average molecular weight is 379 g/mol. The van der Waals surface area contributed by atoms with E-state index in [-0.39, 0.29) is 0 Å². The summed E-state index contributed by atoms with van der Waals surface area (Å²) in [5.74, 6) is -0.924. The Hall–Kier alpha value is -1.66. The lowest BCUT2D eigenvalue weighted by atomic mass is 10.1. The number of carboxylic acid groups (broad SMARTS) is 1. The number of rotatable bonds is 4. The SMILES string of the molecule is CCCc1nc2sc(C)c(-c3ccc(Br)cc3)n2c1C(=O)O. The first-order chi connectivity index (χ1) is 10.5. The van der Waals surface area contributed by atoms with Gasteiger partial charge >= 0.3 is 5.97 Å².